The van der Waals surface area contributed by atoms with Crippen LogP contribution < -0.4 is 0 Å². The summed E-state index contributed by atoms with van der Waals surface area (Å²) >= 11 is 0. The monoisotopic (exact) mass is 612 g/mol. The number of carbonyl (C=O) groups is 2. The molecule has 0 radical (unpaired) electrons. The minimum atomic E-state index is -0.605. The molecule has 3 fully saturated rings. The van der Waals surface area contributed by atoms with E-state index in [0.29, 0.717) is 5.41 Å². The Balaban J connectivity index is 1.21. The lowest BCUT2D eigenvalue weighted by atomic mass is 9.47. The molecule has 0 bridgehead atoms. The van der Waals surface area contributed by atoms with Crippen LogP contribution in [0.5, 0.6) is 0 Å². The molecule has 0 aromatic heterocycles. The summed E-state index contributed by atoms with van der Waals surface area (Å²) in [6, 6.07) is 0. The Morgan fingerprint density at radius 2 is 1.84 bits per heavy atom. The Morgan fingerprint density at radius 1 is 1.02 bits per heavy atom. The summed E-state index contributed by atoms with van der Waals surface area (Å²) in [5.74, 6) is 2.26. The first kappa shape index (κ1) is 33.4. The van der Waals surface area contributed by atoms with Crippen molar-refractivity contribution in [3.8, 4) is 0 Å². The number of hydrogen-bond acceptors (Lipinski definition) is 7. The molecule has 7 nitrogen and oxygen atoms in total. The van der Waals surface area contributed by atoms with Crippen molar-refractivity contribution >= 4 is 11.9 Å². The van der Waals surface area contributed by atoms with Gasteiger partial charge >= 0.3 is 11.9 Å². The van der Waals surface area contributed by atoms with Crippen molar-refractivity contribution in [2.75, 3.05) is 19.8 Å². The van der Waals surface area contributed by atoms with Crippen LogP contribution in [0, 0.1) is 34.5 Å². The van der Waals surface area contributed by atoms with Gasteiger partial charge in [-0.1, -0.05) is 37.1 Å². The lowest BCUT2D eigenvalue weighted by Gasteiger charge is -2.58. The highest BCUT2D eigenvalue weighted by Gasteiger charge is 2.58. The van der Waals surface area contributed by atoms with Gasteiger partial charge < -0.3 is 23.7 Å². The summed E-state index contributed by atoms with van der Waals surface area (Å²) in [5, 5.41) is 0. The Bertz CT molecular complexity index is 1120. The average molecular weight is 613 g/mol. The first-order valence-electron chi connectivity index (χ1n) is 17.3. The van der Waals surface area contributed by atoms with Gasteiger partial charge in [-0.2, -0.15) is 0 Å². The summed E-state index contributed by atoms with van der Waals surface area (Å²) in [6.07, 6.45) is 18.9. The van der Waals surface area contributed by atoms with Crippen LogP contribution in [-0.2, 0) is 33.3 Å². The Kier molecular flexibility index (Phi) is 10.8. The quantitative estimate of drug-likeness (QED) is 0.136. The van der Waals surface area contributed by atoms with Crippen LogP contribution in [0.3, 0.4) is 0 Å². The minimum absolute atomic E-state index is 0.0125. The molecule has 0 saturated heterocycles. The van der Waals surface area contributed by atoms with Gasteiger partial charge in [0.25, 0.3) is 0 Å². The van der Waals surface area contributed by atoms with E-state index >= 15 is 0 Å². The molecule has 1 unspecified atom stereocenters. The van der Waals surface area contributed by atoms with E-state index in [1.54, 1.807) is 17.2 Å². The van der Waals surface area contributed by atoms with Crippen molar-refractivity contribution in [2.24, 2.45) is 34.5 Å². The fourth-order valence-electron chi connectivity index (χ4n) is 9.82. The van der Waals surface area contributed by atoms with Crippen molar-refractivity contribution in [1.82, 2.24) is 0 Å². The molecule has 4 aliphatic carbocycles. The molecule has 0 spiro atoms. The maximum atomic E-state index is 11.6. The molecule has 3 saturated carbocycles. The first-order chi connectivity index (χ1) is 21.0. The largest absolute Gasteiger partial charge is 0.463 e. The summed E-state index contributed by atoms with van der Waals surface area (Å²) < 4.78 is 28.8. The lowest BCUT2D eigenvalue weighted by molar-refractivity contribution is -0.213. The molecule has 10 atom stereocenters. The maximum Gasteiger partial charge on any atom is 0.303 e. The van der Waals surface area contributed by atoms with Gasteiger partial charge in [0.1, 0.15) is 18.8 Å². The lowest BCUT2D eigenvalue weighted by Crippen LogP contribution is -2.51. The second-order valence-corrected chi connectivity index (χ2v) is 14.5. The number of fused-ring (bicyclic) bond motifs is 5. The van der Waals surface area contributed by atoms with Gasteiger partial charge in [-0.15, -0.1) is 0 Å². The van der Waals surface area contributed by atoms with E-state index < -0.39 is 30.4 Å². The second-order valence-electron chi connectivity index (χ2n) is 14.5. The van der Waals surface area contributed by atoms with E-state index in [1.165, 1.54) is 46.0 Å². The number of ether oxygens (including phenoxy) is 5. The number of rotatable bonds is 11. The molecule has 5 aliphatic rings. The molecule has 0 aromatic carbocycles. The third-order valence-corrected chi connectivity index (χ3v) is 12.0. The van der Waals surface area contributed by atoms with Crippen molar-refractivity contribution in [1.29, 1.82) is 0 Å². The van der Waals surface area contributed by atoms with Crippen LogP contribution in [0.15, 0.2) is 35.5 Å². The van der Waals surface area contributed by atoms with E-state index in [-0.39, 0.29) is 18.1 Å². The Morgan fingerprint density at radius 3 is 2.59 bits per heavy atom. The van der Waals surface area contributed by atoms with Gasteiger partial charge in [0.05, 0.1) is 6.10 Å². The highest BCUT2D eigenvalue weighted by molar-refractivity contribution is 5.66. The van der Waals surface area contributed by atoms with E-state index in [4.69, 9.17) is 23.7 Å². The smallest absolute Gasteiger partial charge is 0.303 e. The minimum Gasteiger partial charge on any atom is -0.463 e. The fourth-order valence-corrected chi connectivity index (χ4v) is 9.82. The molecular formula is C37H56O7. The fraction of sp³-hybridized carbons (Fsp3) is 0.784. The van der Waals surface area contributed by atoms with E-state index in [0.717, 1.165) is 69.0 Å². The summed E-state index contributed by atoms with van der Waals surface area (Å²) in [4.78, 5) is 23.0. The zero-order valence-corrected chi connectivity index (χ0v) is 28.0. The molecule has 0 N–H and O–H groups in total. The normalized spacial score (nSPS) is 40.0. The molecule has 1 heterocycles. The molecule has 44 heavy (non-hydrogen) atoms. The van der Waals surface area contributed by atoms with E-state index in [1.807, 2.05) is 6.08 Å². The SMILES string of the molecule is CCOCCC/C=C(\C)[C@H]1CC[C@H]2[C@@H]3CC=C4C[C@@H](OC5C=C[C@H](OC(C)=O)[C@@H](COC(C)=O)O5)CC[C@]4(C)[C@H]3CC[C@]12C. The standard InChI is InChI=1S/C37H56O7/c1-7-40-21-9-8-10-24(2)30-13-14-31-29-12-11-27-22-28(17-19-36(27,5)32(29)18-20-37(30,31)6)43-35-16-15-33(42-26(4)39)34(44-35)23-41-25(3)38/h10-11,15-16,28-35H,7-9,12-14,17-23H2,1-6H3/b24-10+/t28-,29-,30+,31-,32-,33-,34+,35?,36-,37+/m0/s1. The topological polar surface area (TPSA) is 80.3 Å². The average Bonchev–Trinajstić information content (AvgIpc) is 3.34. The third kappa shape index (κ3) is 7.05. The van der Waals surface area contributed by atoms with E-state index in [9.17, 15) is 9.59 Å². The maximum absolute atomic E-state index is 11.6. The van der Waals surface area contributed by atoms with Crippen LogP contribution in [0.1, 0.15) is 106 Å². The molecule has 1 aliphatic heterocycles. The molecule has 5 rings (SSSR count). The van der Waals surface area contributed by atoms with Gasteiger partial charge in [0.2, 0.25) is 0 Å². The second kappa shape index (κ2) is 14.2. The highest BCUT2D eigenvalue weighted by Crippen LogP contribution is 2.67. The number of hydrogen-bond donors (Lipinski definition) is 0. The molecule has 0 amide bonds. The van der Waals surface area contributed by atoms with Crippen LogP contribution in [0.25, 0.3) is 0 Å². The van der Waals surface area contributed by atoms with Gasteiger partial charge in [0.15, 0.2) is 6.29 Å². The van der Waals surface area contributed by atoms with E-state index in [2.05, 4.69) is 39.8 Å². The molecule has 7 heteroatoms. The van der Waals surface area contributed by atoms with Crippen molar-refractivity contribution < 1.29 is 33.3 Å². The third-order valence-electron chi connectivity index (χ3n) is 12.0. The van der Waals surface area contributed by atoms with Crippen LogP contribution >= 0.6 is 0 Å². The summed E-state index contributed by atoms with van der Waals surface area (Å²) in [6.45, 7) is 14.0. The van der Waals surface area contributed by atoms with Crippen LogP contribution in [-0.4, -0.2) is 56.4 Å². The van der Waals surface area contributed by atoms with Gasteiger partial charge in [-0.3, -0.25) is 9.59 Å². The predicted molar refractivity (Wildman–Crippen MR) is 170 cm³/mol. The van der Waals surface area contributed by atoms with Gasteiger partial charge in [-0.05, 0) is 125 Å². The van der Waals surface area contributed by atoms with Crippen molar-refractivity contribution in [3.63, 3.8) is 0 Å². The first-order valence-corrected chi connectivity index (χ1v) is 17.3. The summed E-state index contributed by atoms with van der Waals surface area (Å²) in [7, 11) is 0. The van der Waals surface area contributed by atoms with Gasteiger partial charge in [0, 0.05) is 27.1 Å². The zero-order valence-electron chi connectivity index (χ0n) is 28.0. The molecule has 0 aromatic rings. The Labute approximate surface area is 265 Å². The number of allylic oxidation sites excluding steroid dienone is 3. The summed E-state index contributed by atoms with van der Waals surface area (Å²) in [5.41, 5.74) is 3.86. The van der Waals surface area contributed by atoms with Crippen LogP contribution in [0.2, 0.25) is 0 Å². The van der Waals surface area contributed by atoms with Crippen LogP contribution in [0.4, 0.5) is 0 Å². The molecular weight excluding hydrogens is 556 g/mol. The Hall–Kier alpha value is -1.96. The number of carbonyl (C=O) groups excluding carboxylic acids is 2. The predicted octanol–water partition coefficient (Wildman–Crippen LogP) is 7.49. The van der Waals surface area contributed by atoms with Crippen molar-refractivity contribution in [3.05, 3.63) is 35.5 Å². The number of esters is 2. The highest BCUT2D eigenvalue weighted by atomic mass is 16.7. The number of unbranched alkanes of at least 4 members (excludes halogenated alkanes) is 1. The van der Waals surface area contributed by atoms with Crippen molar-refractivity contribution in [2.45, 2.75) is 130 Å². The molecule has 246 valence electrons. The zero-order chi connectivity index (χ0) is 31.5. The van der Waals surface area contributed by atoms with Gasteiger partial charge in [-0.25, -0.2) is 0 Å².